The van der Waals surface area contributed by atoms with Crippen LogP contribution in [-0.4, -0.2) is 6.36 Å². The largest absolute Gasteiger partial charge is 0.573 e. The maximum Gasteiger partial charge on any atom is 0.573 e. The van der Waals surface area contributed by atoms with Gasteiger partial charge in [-0.15, -0.1) is 13.2 Å². The van der Waals surface area contributed by atoms with Gasteiger partial charge < -0.3 is 4.74 Å². The van der Waals surface area contributed by atoms with Gasteiger partial charge in [-0.05, 0) is 6.07 Å². The van der Waals surface area contributed by atoms with Crippen molar-refractivity contribution in [2.24, 2.45) is 0 Å². The minimum Gasteiger partial charge on any atom is -0.405 e. The fraction of sp³-hybridized carbons (Fsp3) is 0.0769. The molecule has 0 atom stereocenters. The van der Waals surface area contributed by atoms with E-state index in [1.165, 1.54) is 0 Å². The normalized spacial score (nSPS) is 11.6. The first-order valence-corrected chi connectivity index (χ1v) is 5.88. The van der Waals surface area contributed by atoms with Crippen molar-refractivity contribution in [2.45, 2.75) is 6.36 Å². The first-order valence-electron chi connectivity index (χ1n) is 5.50. The predicted molar refractivity (Wildman–Crippen MR) is 63.4 cm³/mol. The van der Waals surface area contributed by atoms with Crippen LogP contribution < -0.4 is 4.74 Å². The highest BCUT2D eigenvalue weighted by Crippen LogP contribution is 2.39. The van der Waals surface area contributed by atoms with Crippen molar-refractivity contribution in [3.8, 4) is 16.9 Å². The average molecular weight is 345 g/mol. The summed E-state index contributed by atoms with van der Waals surface area (Å²) in [7, 11) is 0. The molecule has 0 bridgehead atoms. The SMILES string of the molecule is Fc1c(F)c(-c2ccccc2OC(F)(F)F)c(F)c(F)c1Cl. The fourth-order valence-electron chi connectivity index (χ4n) is 1.73. The summed E-state index contributed by atoms with van der Waals surface area (Å²) < 4.78 is 94.9. The summed E-state index contributed by atoms with van der Waals surface area (Å²) in [5, 5.41) is -1.44. The van der Waals surface area contributed by atoms with Gasteiger partial charge in [-0.25, -0.2) is 17.6 Å². The Morgan fingerprint density at radius 3 is 1.82 bits per heavy atom. The molecule has 0 N–H and O–H groups in total. The molecule has 0 saturated carbocycles. The zero-order chi connectivity index (χ0) is 16.7. The third kappa shape index (κ3) is 2.96. The molecule has 0 spiro atoms. The van der Waals surface area contributed by atoms with E-state index in [1.54, 1.807) is 0 Å². The van der Waals surface area contributed by atoms with Crippen molar-refractivity contribution in [3.63, 3.8) is 0 Å². The van der Waals surface area contributed by atoms with E-state index in [0.29, 0.717) is 0 Å². The zero-order valence-corrected chi connectivity index (χ0v) is 11.0. The number of alkyl halides is 3. The van der Waals surface area contributed by atoms with E-state index in [1.807, 2.05) is 0 Å². The Balaban J connectivity index is 2.74. The first kappa shape index (κ1) is 16.4. The van der Waals surface area contributed by atoms with Gasteiger partial charge >= 0.3 is 6.36 Å². The molecule has 9 heteroatoms. The Kier molecular flexibility index (Phi) is 4.23. The second-order valence-corrected chi connectivity index (χ2v) is 4.37. The van der Waals surface area contributed by atoms with E-state index in [2.05, 4.69) is 4.74 Å². The molecule has 0 unspecified atom stereocenters. The Labute approximate surface area is 123 Å². The highest BCUT2D eigenvalue weighted by Gasteiger charge is 2.34. The van der Waals surface area contributed by atoms with Crippen LogP contribution in [0.2, 0.25) is 5.02 Å². The van der Waals surface area contributed by atoms with Crippen LogP contribution in [0.5, 0.6) is 5.75 Å². The lowest BCUT2D eigenvalue weighted by atomic mass is 10.0. The lowest BCUT2D eigenvalue weighted by Crippen LogP contribution is -2.18. The molecular weight excluding hydrogens is 341 g/mol. The molecule has 0 heterocycles. The minimum absolute atomic E-state index is 0.742. The summed E-state index contributed by atoms with van der Waals surface area (Å²) in [4.78, 5) is 0. The topological polar surface area (TPSA) is 9.23 Å². The molecule has 22 heavy (non-hydrogen) atoms. The third-order valence-corrected chi connectivity index (χ3v) is 2.92. The van der Waals surface area contributed by atoms with Crippen molar-refractivity contribution in [1.29, 1.82) is 0 Å². The van der Waals surface area contributed by atoms with Gasteiger partial charge in [0.25, 0.3) is 0 Å². The minimum atomic E-state index is -5.16. The Morgan fingerprint density at radius 2 is 1.32 bits per heavy atom. The molecule has 2 aromatic carbocycles. The van der Waals surface area contributed by atoms with E-state index in [0.717, 1.165) is 24.3 Å². The van der Waals surface area contributed by atoms with Crippen molar-refractivity contribution < 1.29 is 35.5 Å². The zero-order valence-electron chi connectivity index (χ0n) is 10.2. The Bertz CT molecular complexity index is 698. The van der Waals surface area contributed by atoms with Crippen LogP contribution in [-0.2, 0) is 0 Å². The van der Waals surface area contributed by atoms with Gasteiger partial charge in [0.05, 0.1) is 5.56 Å². The van der Waals surface area contributed by atoms with E-state index in [9.17, 15) is 30.7 Å². The summed E-state index contributed by atoms with van der Waals surface area (Å²) in [5.41, 5.74) is -2.16. The van der Waals surface area contributed by atoms with Crippen LogP contribution in [0.1, 0.15) is 0 Å². The van der Waals surface area contributed by atoms with Crippen LogP contribution in [0.15, 0.2) is 24.3 Å². The van der Waals surface area contributed by atoms with Gasteiger partial charge in [-0.2, -0.15) is 0 Å². The number of halogens is 8. The van der Waals surface area contributed by atoms with Gasteiger partial charge in [0.1, 0.15) is 10.8 Å². The second-order valence-electron chi connectivity index (χ2n) is 3.99. The molecule has 2 aromatic rings. The number of hydrogen-bond acceptors (Lipinski definition) is 1. The van der Waals surface area contributed by atoms with E-state index in [-0.39, 0.29) is 0 Å². The summed E-state index contributed by atoms with van der Waals surface area (Å²) in [6.07, 6.45) is -5.16. The van der Waals surface area contributed by atoms with Gasteiger partial charge in [0, 0.05) is 5.56 Å². The van der Waals surface area contributed by atoms with Crippen molar-refractivity contribution in [2.75, 3.05) is 0 Å². The summed E-state index contributed by atoms with van der Waals surface area (Å²) >= 11 is 5.05. The smallest absolute Gasteiger partial charge is 0.405 e. The average Bonchev–Trinajstić information content (AvgIpc) is 2.43. The molecule has 0 fully saturated rings. The molecular formula is C13H4ClF7O. The van der Waals surface area contributed by atoms with Gasteiger partial charge in [-0.3, -0.25) is 0 Å². The maximum atomic E-state index is 13.8. The molecule has 0 aliphatic rings. The van der Waals surface area contributed by atoms with Gasteiger partial charge in [0.15, 0.2) is 23.3 Å². The lowest BCUT2D eigenvalue weighted by molar-refractivity contribution is -0.274. The van der Waals surface area contributed by atoms with Crippen molar-refractivity contribution in [1.82, 2.24) is 0 Å². The number of hydrogen-bond donors (Lipinski definition) is 0. The third-order valence-electron chi connectivity index (χ3n) is 2.59. The molecule has 0 aromatic heterocycles. The first-order chi connectivity index (χ1) is 10.1. The van der Waals surface area contributed by atoms with Crippen molar-refractivity contribution >= 4 is 11.6 Å². The van der Waals surface area contributed by atoms with Gasteiger partial charge in [-0.1, -0.05) is 29.8 Å². The fourth-order valence-corrected chi connectivity index (χ4v) is 1.89. The number of ether oxygens (including phenoxy) is 1. The molecule has 0 aliphatic carbocycles. The molecule has 2 rings (SSSR count). The summed E-state index contributed by atoms with van der Waals surface area (Å²) in [5.74, 6) is -8.71. The van der Waals surface area contributed by atoms with Crippen LogP contribution >= 0.6 is 11.6 Å². The summed E-state index contributed by atoms with van der Waals surface area (Å²) in [6.45, 7) is 0. The van der Waals surface area contributed by atoms with Crippen LogP contribution in [0.3, 0.4) is 0 Å². The van der Waals surface area contributed by atoms with E-state index < -0.39 is 51.5 Å². The van der Waals surface area contributed by atoms with Gasteiger partial charge in [0.2, 0.25) is 0 Å². The molecule has 118 valence electrons. The number of benzene rings is 2. The summed E-state index contributed by atoms with van der Waals surface area (Å²) in [6, 6.07) is 3.76. The van der Waals surface area contributed by atoms with E-state index in [4.69, 9.17) is 11.6 Å². The van der Waals surface area contributed by atoms with Crippen LogP contribution in [0.4, 0.5) is 30.7 Å². The Morgan fingerprint density at radius 1 is 0.818 bits per heavy atom. The van der Waals surface area contributed by atoms with Crippen LogP contribution in [0, 0.1) is 23.3 Å². The second kappa shape index (κ2) is 5.68. The number of rotatable bonds is 2. The Hall–Kier alpha value is -1.96. The van der Waals surface area contributed by atoms with Crippen molar-refractivity contribution in [3.05, 3.63) is 52.6 Å². The highest BCUT2D eigenvalue weighted by atomic mass is 35.5. The molecule has 0 amide bonds. The quantitative estimate of drug-likeness (QED) is 0.399. The maximum absolute atomic E-state index is 13.8. The molecule has 0 saturated heterocycles. The van der Waals surface area contributed by atoms with Crippen LogP contribution in [0.25, 0.3) is 11.1 Å². The molecule has 0 aliphatic heterocycles. The number of para-hydroxylation sites is 1. The monoisotopic (exact) mass is 344 g/mol. The molecule has 1 nitrogen and oxygen atoms in total. The lowest BCUT2D eigenvalue weighted by Gasteiger charge is -2.15. The predicted octanol–water partition coefficient (Wildman–Crippen LogP) is 5.46. The van der Waals surface area contributed by atoms with E-state index >= 15 is 0 Å². The molecule has 0 radical (unpaired) electrons. The standard InChI is InChI=1S/C13H4ClF7O/c14-8-11(17)9(15)7(10(16)12(8)18)5-3-1-2-4-6(5)22-13(19,20)21/h1-4H. The highest BCUT2D eigenvalue weighted by molar-refractivity contribution is 6.31.